The SMILES string of the molecule is CC(C)N(C(=O)COC(=O)/C=C/c1ccc2ccccc2n1)c1ccccc1. The number of rotatable bonds is 6. The first-order valence-corrected chi connectivity index (χ1v) is 9.12. The number of nitrogens with zero attached hydrogens (tertiary/aromatic N) is 2. The summed E-state index contributed by atoms with van der Waals surface area (Å²) >= 11 is 0. The molecule has 5 nitrogen and oxygen atoms in total. The number of hydrogen-bond donors (Lipinski definition) is 0. The van der Waals surface area contributed by atoms with Crippen molar-refractivity contribution in [2.24, 2.45) is 0 Å². The van der Waals surface area contributed by atoms with Crippen LogP contribution in [0.4, 0.5) is 5.69 Å². The molecule has 0 aliphatic heterocycles. The molecular weight excluding hydrogens is 352 g/mol. The van der Waals surface area contributed by atoms with Crippen molar-refractivity contribution in [3.05, 3.63) is 78.5 Å². The lowest BCUT2D eigenvalue weighted by Crippen LogP contribution is -2.39. The van der Waals surface area contributed by atoms with Gasteiger partial charge in [0.2, 0.25) is 0 Å². The van der Waals surface area contributed by atoms with Gasteiger partial charge in [0.05, 0.1) is 11.2 Å². The lowest BCUT2D eigenvalue weighted by atomic mass is 10.2. The molecule has 1 heterocycles. The average Bonchev–Trinajstić information content (AvgIpc) is 2.71. The van der Waals surface area contributed by atoms with E-state index in [-0.39, 0.29) is 18.6 Å². The molecule has 0 radical (unpaired) electrons. The topological polar surface area (TPSA) is 59.5 Å². The van der Waals surface area contributed by atoms with Gasteiger partial charge in [0.25, 0.3) is 5.91 Å². The summed E-state index contributed by atoms with van der Waals surface area (Å²) < 4.78 is 5.12. The molecule has 0 aliphatic rings. The Morgan fingerprint density at radius 3 is 2.46 bits per heavy atom. The summed E-state index contributed by atoms with van der Waals surface area (Å²) in [6, 6.07) is 20.8. The monoisotopic (exact) mass is 374 g/mol. The number of ether oxygens (including phenoxy) is 1. The van der Waals surface area contributed by atoms with Gasteiger partial charge in [-0.2, -0.15) is 0 Å². The second-order valence-electron chi connectivity index (χ2n) is 6.56. The fourth-order valence-corrected chi connectivity index (χ4v) is 2.90. The van der Waals surface area contributed by atoms with E-state index >= 15 is 0 Å². The number of esters is 1. The Morgan fingerprint density at radius 1 is 1.00 bits per heavy atom. The zero-order chi connectivity index (χ0) is 19.9. The van der Waals surface area contributed by atoms with Crippen LogP contribution in [0.3, 0.4) is 0 Å². The maximum absolute atomic E-state index is 12.5. The highest BCUT2D eigenvalue weighted by Gasteiger charge is 2.19. The van der Waals surface area contributed by atoms with Crippen molar-refractivity contribution in [3.8, 4) is 0 Å². The Balaban J connectivity index is 1.60. The normalized spacial score (nSPS) is 11.1. The smallest absolute Gasteiger partial charge is 0.331 e. The molecule has 0 atom stereocenters. The Hall–Kier alpha value is -3.47. The number of carbonyl (C=O) groups is 2. The number of hydrogen-bond acceptors (Lipinski definition) is 4. The van der Waals surface area contributed by atoms with E-state index in [1.54, 1.807) is 11.0 Å². The van der Waals surface area contributed by atoms with Crippen molar-refractivity contribution in [1.29, 1.82) is 0 Å². The summed E-state index contributed by atoms with van der Waals surface area (Å²) in [5.74, 6) is -0.855. The summed E-state index contributed by atoms with van der Waals surface area (Å²) in [5.41, 5.74) is 2.27. The molecule has 3 aromatic rings. The molecule has 0 unspecified atom stereocenters. The fourth-order valence-electron chi connectivity index (χ4n) is 2.90. The van der Waals surface area contributed by atoms with Crippen LogP contribution in [-0.2, 0) is 14.3 Å². The van der Waals surface area contributed by atoms with E-state index in [4.69, 9.17) is 4.74 Å². The van der Waals surface area contributed by atoms with Crippen LogP contribution in [-0.4, -0.2) is 29.5 Å². The number of anilines is 1. The molecule has 0 bridgehead atoms. The van der Waals surface area contributed by atoms with Crippen molar-refractivity contribution in [3.63, 3.8) is 0 Å². The minimum atomic E-state index is -0.583. The molecule has 1 amide bonds. The molecule has 0 spiro atoms. The van der Waals surface area contributed by atoms with Crippen LogP contribution in [0.1, 0.15) is 19.5 Å². The fraction of sp³-hybridized carbons (Fsp3) is 0.174. The van der Waals surface area contributed by atoms with Gasteiger partial charge in [-0.05, 0) is 44.2 Å². The molecule has 0 saturated carbocycles. The van der Waals surface area contributed by atoms with Gasteiger partial charge in [0.1, 0.15) is 0 Å². The molecule has 1 aromatic heterocycles. The van der Waals surface area contributed by atoms with Gasteiger partial charge in [-0.25, -0.2) is 9.78 Å². The van der Waals surface area contributed by atoms with E-state index in [9.17, 15) is 9.59 Å². The summed E-state index contributed by atoms with van der Waals surface area (Å²) in [4.78, 5) is 30.6. The van der Waals surface area contributed by atoms with E-state index in [1.807, 2.05) is 80.6 Å². The van der Waals surface area contributed by atoms with Gasteiger partial charge in [-0.3, -0.25) is 4.79 Å². The molecule has 2 aromatic carbocycles. The van der Waals surface area contributed by atoms with E-state index in [0.29, 0.717) is 5.69 Å². The first kappa shape index (κ1) is 19.3. The Bertz CT molecular complexity index is 997. The highest BCUT2D eigenvalue weighted by molar-refractivity contribution is 5.97. The number of carbonyl (C=O) groups excluding carboxylic acids is 2. The molecule has 28 heavy (non-hydrogen) atoms. The molecule has 5 heteroatoms. The zero-order valence-corrected chi connectivity index (χ0v) is 15.9. The summed E-state index contributed by atoms with van der Waals surface area (Å²) in [6.07, 6.45) is 2.86. The zero-order valence-electron chi connectivity index (χ0n) is 15.9. The van der Waals surface area contributed by atoms with E-state index < -0.39 is 5.97 Å². The third-order valence-corrected chi connectivity index (χ3v) is 4.17. The minimum Gasteiger partial charge on any atom is -0.452 e. The van der Waals surface area contributed by atoms with Crippen LogP contribution in [0.25, 0.3) is 17.0 Å². The Kier molecular flexibility index (Phi) is 6.17. The molecule has 0 N–H and O–H groups in total. The van der Waals surface area contributed by atoms with Crippen molar-refractivity contribution in [2.45, 2.75) is 19.9 Å². The predicted molar refractivity (Wildman–Crippen MR) is 111 cm³/mol. The number of aromatic nitrogens is 1. The van der Waals surface area contributed by atoms with Crippen LogP contribution in [0.15, 0.2) is 72.8 Å². The molecule has 0 aliphatic carbocycles. The summed E-state index contributed by atoms with van der Waals surface area (Å²) in [7, 11) is 0. The summed E-state index contributed by atoms with van der Waals surface area (Å²) in [5, 5.41) is 1.03. The van der Waals surface area contributed by atoms with Crippen LogP contribution in [0, 0.1) is 0 Å². The van der Waals surface area contributed by atoms with Gasteiger partial charge in [-0.1, -0.05) is 42.5 Å². The number of benzene rings is 2. The van der Waals surface area contributed by atoms with Crippen LogP contribution in [0.2, 0.25) is 0 Å². The highest BCUT2D eigenvalue weighted by atomic mass is 16.5. The van der Waals surface area contributed by atoms with E-state index in [0.717, 1.165) is 16.6 Å². The van der Waals surface area contributed by atoms with Gasteiger partial charge in [0, 0.05) is 23.2 Å². The third kappa shape index (κ3) is 4.82. The first-order valence-electron chi connectivity index (χ1n) is 9.12. The van der Waals surface area contributed by atoms with Crippen LogP contribution >= 0.6 is 0 Å². The van der Waals surface area contributed by atoms with Gasteiger partial charge in [0.15, 0.2) is 6.61 Å². The third-order valence-electron chi connectivity index (χ3n) is 4.17. The number of para-hydroxylation sites is 2. The highest BCUT2D eigenvalue weighted by Crippen LogP contribution is 2.17. The minimum absolute atomic E-state index is 0.0501. The Labute approximate surface area is 164 Å². The average molecular weight is 374 g/mol. The number of amides is 1. The molecule has 0 fully saturated rings. The number of pyridine rings is 1. The van der Waals surface area contributed by atoms with Crippen LogP contribution in [0.5, 0.6) is 0 Å². The Morgan fingerprint density at radius 2 is 1.71 bits per heavy atom. The van der Waals surface area contributed by atoms with Crippen molar-refractivity contribution < 1.29 is 14.3 Å². The largest absolute Gasteiger partial charge is 0.452 e. The maximum atomic E-state index is 12.5. The van der Waals surface area contributed by atoms with Crippen molar-refractivity contribution in [2.75, 3.05) is 11.5 Å². The van der Waals surface area contributed by atoms with E-state index in [1.165, 1.54) is 6.08 Å². The summed E-state index contributed by atoms with van der Waals surface area (Å²) in [6.45, 7) is 3.51. The lowest BCUT2D eigenvalue weighted by molar-refractivity contribution is -0.143. The quantitative estimate of drug-likeness (QED) is 0.478. The first-order chi connectivity index (χ1) is 13.5. The van der Waals surface area contributed by atoms with Crippen molar-refractivity contribution >= 4 is 34.5 Å². The molecular formula is C23H22N2O3. The predicted octanol–water partition coefficient (Wildman–Crippen LogP) is 4.23. The second kappa shape index (κ2) is 8.95. The molecule has 142 valence electrons. The van der Waals surface area contributed by atoms with Crippen molar-refractivity contribution in [1.82, 2.24) is 4.98 Å². The van der Waals surface area contributed by atoms with Gasteiger partial charge >= 0.3 is 5.97 Å². The molecule has 0 saturated heterocycles. The maximum Gasteiger partial charge on any atom is 0.331 e. The number of fused-ring (bicyclic) bond motifs is 1. The second-order valence-corrected chi connectivity index (χ2v) is 6.56. The lowest BCUT2D eigenvalue weighted by Gasteiger charge is -2.26. The molecule has 3 rings (SSSR count). The standard InChI is InChI=1S/C23H22N2O3/c1-17(2)25(20-9-4-3-5-10-20)22(26)16-28-23(27)15-14-19-13-12-18-8-6-7-11-21(18)24-19/h3-15,17H,16H2,1-2H3/b15-14+. The van der Waals surface area contributed by atoms with E-state index in [2.05, 4.69) is 4.98 Å². The van der Waals surface area contributed by atoms with Gasteiger partial charge in [-0.15, -0.1) is 0 Å². The van der Waals surface area contributed by atoms with Gasteiger partial charge < -0.3 is 9.64 Å². The van der Waals surface area contributed by atoms with Crippen LogP contribution < -0.4 is 4.90 Å².